The van der Waals surface area contributed by atoms with Gasteiger partial charge in [-0.1, -0.05) is 48.0 Å². The molecular formula is C20H19N3O2. The summed E-state index contributed by atoms with van der Waals surface area (Å²) in [5.74, 6) is 1.07. The number of nitrogens with one attached hydrogen (secondary N) is 1. The van der Waals surface area contributed by atoms with Gasteiger partial charge in [0, 0.05) is 5.56 Å². The van der Waals surface area contributed by atoms with E-state index >= 15 is 0 Å². The first-order chi connectivity index (χ1) is 12.1. The van der Waals surface area contributed by atoms with Crippen LogP contribution >= 0.6 is 0 Å². The van der Waals surface area contributed by atoms with Crippen molar-refractivity contribution in [2.45, 2.75) is 13.8 Å². The molecule has 0 aliphatic rings. The van der Waals surface area contributed by atoms with E-state index in [2.05, 4.69) is 15.3 Å². The Hall–Kier alpha value is -3.21. The third-order valence-electron chi connectivity index (χ3n) is 3.66. The van der Waals surface area contributed by atoms with Gasteiger partial charge in [-0.05, 0) is 25.5 Å². The van der Waals surface area contributed by atoms with Gasteiger partial charge in [-0.3, -0.25) is 4.79 Å². The Morgan fingerprint density at radius 3 is 2.44 bits per heavy atom. The topological polar surface area (TPSA) is 64.1 Å². The lowest BCUT2D eigenvalue weighted by atomic mass is 10.1. The summed E-state index contributed by atoms with van der Waals surface area (Å²) in [7, 11) is 0. The molecule has 5 heteroatoms. The summed E-state index contributed by atoms with van der Waals surface area (Å²) >= 11 is 0. The van der Waals surface area contributed by atoms with Crippen molar-refractivity contribution in [1.29, 1.82) is 0 Å². The molecule has 3 rings (SSSR count). The zero-order chi connectivity index (χ0) is 17.6. The molecule has 1 amide bonds. The third kappa shape index (κ3) is 4.41. The van der Waals surface area contributed by atoms with Crippen molar-refractivity contribution in [1.82, 2.24) is 9.97 Å². The van der Waals surface area contributed by atoms with Crippen LogP contribution in [-0.4, -0.2) is 22.5 Å². The molecule has 0 bridgehead atoms. The second-order valence-electron chi connectivity index (χ2n) is 5.77. The SMILES string of the molecule is Cc1ccc(OCC(=O)Nc2cnc(-c3ccccc3)nc2)c(C)c1. The van der Waals surface area contributed by atoms with Gasteiger partial charge in [0.2, 0.25) is 0 Å². The molecule has 0 unspecified atom stereocenters. The van der Waals surface area contributed by atoms with Gasteiger partial charge >= 0.3 is 0 Å². The monoisotopic (exact) mass is 333 g/mol. The number of aromatic nitrogens is 2. The molecule has 1 heterocycles. The summed E-state index contributed by atoms with van der Waals surface area (Å²) in [5.41, 5.74) is 3.63. The van der Waals surface area contributed by atoms with Gasteiger partial charge in [0.1, 0.15) is 5.75 Å². The van der Waals surface area contributed by atoms with Gasteiger partial charge in [0.25, 0.3) is 5.91 Å². The van der Waals surface area contributed by atoms with Crippen LogP contribution in [0, 0.1) is 13.8 Å². The van der Waals surface area contributed by atoms with E-state index in [1.165, 1.54) is 0 Å². The van der Waals surface area contributed by atoms with E-state index in [1.807, 2.05) is 62.4 Å². The first-order valence-electron chi connectivity index (χ1n) is 7.99. The van der Waals surface area contributed by atoms with Crippen molar-refractivity contribution in [3.05, 3.63) is 72.1 Å². The first-order valence-corrected chi connectivity index (χ1v) is 7.99. The molecule has 25 heavy (non-hydrogen) atoms. The van der Waals surface area contributed by atoms with Gasteiger partial charge in [-0.15, -0.1) is 0 Å². The predicted octanol–water partition coefficient (Wildman–Crippen LogP) is 3.78. The quantitative estimate of drug-likeness (QED) is 0.772. The van der Waals surface area contributed by atoms with Crippen LogP contribution in [-0.2, 0) is 4.79 Å². The summed E-state index contributed by atoms with van der Waals surface area (Å²) in [5, 5.41) is 2.73. The molecule has 0 aliphatic heterocycles. The van der Waals surface area contributed by atoms with E-state index < -0.39 is 0 Å². The molecule has 0 saturated heterocycles. The fraction of sp³-hybridized carbons (Fsp3) is 0.150. The van der Waals surface area contributed by atoms with Gasteiger partial charge in [-0.25, -0.2) is 9.97 Å². The Kier molecular flexibility index (Phi) is 5.04. The Balaban J connectivity index is 1.57. The van der Waals surface area contributed by atoms with Crippen LogP contribution in [0.5, 0.6) is 5.75 Å². The molecule has 1 aromatic heterocycles. The second kappa shape index (κ2) is 7.57. The average Bonchev–Trinajstić information content (AvgIpc) is 2.62. The van der Waals surface area contributed by atoms with Crippen molar-refractivity contribution in [2.24, 2.45) is 0 Å². The number of ether oxygens (including phenoxy) is 1. The number of amides is 1. The zero-order valence-electron chi connectivity index (χ0n) is 14.2. The molecule has 2 aromatic carbocycles. The highest BCUT2D eigenvalue weighted by atomic mass is 16.5. The molecular weight excluding hydrogens is 314 g/mol. The Bertz CT molecular complexity index is 862. The van der Waals surface area contributed by atoms with Crippen LogP contribution in [0.1, 0.15) is 11.1 Å². The van der Waals surface area contributed by atoms with E-state index in [0.717, 1.165) is 16.7 Å². The maximum absolute atomic E-state index is 12.0. The van der Waals surface area contributed by atoms with Crippen LogP contribution in [0.4, 0.5) is 5.69 Å². The Labute approximate surface area is 146 Å². The van der Waals surface area contributed by atoms with Crippen LogP contribution in [0.2, 0.25) is 0 Å². The molecule has 0 aliphatic carbocycles. The van der Waals surface area contributed by atoms with Crippen molar-refractivity contribution >= 4 is 11.6 Å². The summed E-state index contributed by atoms with van der Waals surface area (Å²) in [6.07, 6.45) is 3.18. The summed E-state index contributed by atoms with van der Waals surface area (Å²) in [6.45, 7) is 3.91. The van der Waals surface area contributed by atoms with Crippen LogP contribution in [0.3, 0.4) is 0 Å². The lowest BCUT2D eigenvalue weighted by Gasteiger charge is -2.10. The molecule has 3 aromatic rings. The van der Waals surface area contributed by atoms with Gasteiger partial charge in [0.15, 0.2) is 12.4 Å². The number of benzene rings is 2. The van der Waals surface area contributed by atoms with Crippen molar-refractivity contribution in [2.75, 3.05) is 11.9 Å². The summed E-state index contributed by atoms with van der Waals surface area (Å²) < 4.78 is 5.57. The van der Waals surface area contributed by atoms with E-state index in [0.29, 0.717) is 17.3 Å². The van der Waals surface area contributed by atoms with Crippen molar-refractivity contribution in [3.63, 3.8) is 0 Å². The average molecular weight is 333 g/mol. The maximum atomic E-state index is 12.0. The van der Waals surface area contributed by atoms with Crippen molar-refractivity contribution < 1.29 is 9.53 Å². The van der Waals surface area contributed by atoms with Crippen LogP contribution in [0.15, 0.2) is 60.9 Å². The highest BCUT2D eigenvalue weighted by Gasteiger charge is 2.07. The minimum absolute atomic E-state index is 0.0651. The van der Waals surface area contributed by atoms with E-state index in [9.17, 15) is 4.79 Å². The largest absolute Gasteiger partial charge is 0.483 e. The smallest absolute Gasteiger partial charge is 0.262 e. The standard InChI is InChI=1S/C20H19N3O2/c1-14-8-9-18(15(2)10-14)25-13-19(24)23-17-11-21-20(22-12-17)16-6-4-3-5-7-16/h3-12H,13H2,1-2H3,(H,23,24). The van der Waals surface area contributed by atoms with Crippen LogP contribution in [0.25, 0.3) is 11.4 Å². The highest BCUT2D eigenvalue weighted by Crippen LogP contribution is 2.19. The zero-order valence-corrected chi connectivity index (χ0v) is 14.2. The van der Waals surface area contributed by atoms with Crippen molar-refractivity contribution in [3.8, 4) is 17.1 Å². The number of rotatable bonds is 5. The number of anilines is 1. The number of hydrogen-bond donors (Lipinski definition) is 1. The second-order valence-corrected chi connectivity index (χ2v) is 5.77. The number of aryl methyl sites for hydroxylation is 2. The first kappa shape index (κ1) is 16.6. The molecule has 126 valence electrons. The highest BCUT2D eigenvalue weighted by molar-refractivity contribution is 5.91. The Morgan fingerprint density at radius 1 is 1.04 bits per heavy atom. The van der Waals surface area contributed by atoms with E-state index in [4.69, 9.17) is 4.74 Å². The third-order valence-corrected chi connectivity index (χ3v) is 3.66. The molecule has 0 atom stereocenters. The molecule has 0 radical (unpaired) electrons. The lowest BCUT2D eigenvalue weighted by Crippen LogP contribution is -2.20. The normalized spacial score (nSPS) is 10.3. The van der Waals surface area contributed by atoms with Crippen LogP contribution < -0.4 is 10.1 Å². The number of nitrogens with zero attached hydrogens (tertiary/aromatic N) is 2. The van der Waals surface area contributed by atoms with E-state index in [1.54, 1.807) is 12.4 Å². The fourth-order valence-corrected chi connectivity index (χ4v) is 2.43. The van der Waals surface area contributed by atoms with Gasteiger partial charge in [0.05, 0.1) is 18.1 Å². The van der Waals surface area contributed by atoms with Gasteiger partial charge in [-0.2, -0.15) is 0 Å². The fourth-order valence-electron chi connectivity index (χ4n) is 2.43. The Morgan fingerprint density at radius 2 is 1.76 bits per heavy atom. The number of hydrogen-bond acceptors (Lipinski definition) is 4. The predicted molar refractivity (Wildman–Crippen MR) is 97.5 cm³/mol. The minimum atomic E-state index is -0.254. The van der Waals surface area contributed by atoms with Gasteiger partial charge < -0.3 is 10.1 Å². The van der Waals surface area contributed by atoms with E-state index in [-0.39, 0.29) is 12.5 Å². The summed E-state index contributed by atoms with van der Waals surface area (Å²) in [6, 6.07) is 15.5. The number of carbonyl (C=O) groups is 1. The summed E-state index contributed by atoms with van der Waals surface area (Å²) in [4.78, 5) is 20.6. The molecule has 5 nitrogen and oxygen atoms in total. The molecule has 0 saturated carbocycles. The minimum Gasteiger partial charge on any atom is -0.483 e. The molecule has 0 spiro atoms. The maximum Gasteiger partial charge on any atom is 0.262 e. The lowest BCUT2D eigenvalue weighted by molar-refractivity contribution is -0.118. The number of carbonyl (C=O) groups excluding carboxylic acids is 1. The molecule has 0 fully saturated rings. The molecule has 1 N–H and O–H groups in total.